The van der Waals surface area contributed by atoms with Crippen LogP contribution in [0.4, 0.5) is 9.18 Å². The van der Waals surface area contributed by atoms with Gasteiger partial charge in [0.15, 0.2) is 11.5 Å². The molecule has 3 aromatic rings. The van der Waals surface area contributed by atoms with Gasteiger partial charge >= 0.3 is 0 Å². The predicted octanol–water partition coefficient (Wildman–Crippen LogP) is 6.64. The summed E-state index contributed by atoms with van der Waals surface area (Å²) in [6, 6.07) is 19.3. The van der Waals surface area contributed by atoms with Crippen molar-refractivity contribution in [2.75, 3.05) is 6.61 Å². The molecule has 174 valence electrons. The number of carbonyl (C=O) groups excluding carboxylic acids is 2. The Morgan fingerprint density at radius 3 is 2.50 bits per heavy atom. The topological polar surface area (TPSA) is 55.8 Å². The van der Waals surface area contributed by atoms with E-state index >= 15 is 0 Å². The van der Waals surface area contributed by atoms with Crippen molar-refractivity contribution in [1.82, 2.24) is 4.90 Å². The Bertz CT molecular complexity index is 1250. The molecular formula is C26H21FINO4S. The number of carbonyl (C=O) groups is 2. The second-order valence-electron chi connectivity index (χ2n) is 7.41. The Hall–Kier alpha value is -2.85. The van der Waals surface area contributed by atoms with Crippen LogP contribution in [0, 0.1) is 9.39 Å². The van der Waals surface area contributed by atoms with Gasteiger partial charge in [-0.15, -0.1) is 0 Å². The van der Waals surface area contributed by atoms with Crippen molar-refractivity contribution >= 4 is 51.6 Å². The smallest absolute Gasteiger partial charge is 0.293 e. The minimum atomic E-state index is -0.335. The van der Waals surface area contributed by atoms with Crippen LogP contribution in [-0.2, 0) is 17.9 Å². The van der Waals surface area contributed by atoms with Gasteiger partial charge in [-0.2, -0.15) is 0 Å². The molecule has 1 aliphatic heterocycles. The van der Waals surface area contributed by atoms with Gasteiger partial charge in [-0.3, -0.25) is 14.5 Å². The molecule has 8 heteroatoms. The number of thioether (sulfide) groups is 1. The van der Waals surface area contributed by atoms with Crippen LogP contribution in [0.1, 0.15) is 23.6 Å². The van der Waals surface area contributed by atoms with E-state index in [1.165, 1.54) is 11.0 Å². The third-order valence-electron chi connectivity index (χ3n) is 5.03. The molecule has 1 aliphatic rings. The van der Waals surface area contributed by atoms with Gasteiger partial charge in [0.05, 0.1) is 18.1 Å². The van der Waals surface area contributed by atoms with Crippen molar-refractivity contribution in [3.8, 4) is 11.5 Å². The molecule has 1 saturated heterocycles. The van der Waals surface area contributed by atoms with E-state index < -0.39 is 0 Å². The summed E-state index contributed by atoms with van der Waals surface area (Å²) in [5, 5.41) is -0.301. The molecule has 5 nitrogen and oxygen atoms in total. The van der Waals surface area contributed by atoms with Crippen molar-refractivity contribution in [3.63, 3.8) is 0 Å². The van der Waals surface area contributed by atoms with Gasteiger partial charge in [-0.25, -0.2) is 4.39 Å². The Labute approximate surface area is 215 Å². The van der Waals surface area contributed by atoms with E-state index in [4.69, 9.17) is 9.47 Å². The molecule has 0 aromatic heterocycles. The van der Waals surface area contributed by atoms with Crippen LogP contribution in [-0.4, -0.2) is 22.7 Å². The molecule has 0 radical (unpaired) electrons. The van der Waals surface area contributed by atoms with Crippen molar-refractivity contribution in [1.29, 1.82) is 0 Å². The Kier molecular flexibility index (Phi) is 7.89. The van der Waals surface area contributed by atoms with Crippen LogP contribution in [0.5, 0.6) is 11.5 Å². The first kappa shape index (κ1) is 24.3. The predicted molar refractivity (Wildman–Crippen MR) is 139 cm³/mol. The van der Waals surface area contributed by atoms with Crippen molar-refractivity contribution in [3.05, 3.63) is 97.7 Å². The first-order valence-corrected chi connectivity index (χ1v) is 12.5. The zero-order valence-electron chi connectivity index (χ0n) is 18.3. The fourth-order valence-electron chi connectivity index (χ4n) is 3.33. The molecule has 0 aliphatic carbocycles. The van der Waals surface area contributed by atoms with Crippen LogP contribution in [0.25, 0.3) is 6.08 Å². The number of rotatable bonds is 8. The number of benzene rings is 3. The average Bonchev–Trinajstić information content (AvgIpc) is 3.08. The van der Waals surface area contributed by atoms with Crippen LogP contribution in [0.15, 0.2) is 71.6 Å². The van der Waals surface area contributed by atoms with E-state index in [1.807, 2.05) is 31.2 Å². The second-order valence-corrected chi connectivity index (χ2v) is 9.65. The molecule has 0 N–H and O–H groups in total. The number of ether oxygens (including phenoxy) is 2. The number of halogens is 2. The Morgan fingerprint density at radius 1 is 1.00 bits per heavy atom. The normalized spacial score (nSPS) is 14.7. The first-order valence-electron chi connectivity index (χ1n) is 10.6. The van der Waals surface area contributed by atoms with Gasteiger partial charge in [-0.1, -0.05) is 36.4 Å². The van der Waals surface area contributed by atoms with Crippen LogP contribution >= 0.6 is 34.4 Å². The summed E-state index contributed by atoms with van der Waals surface area (Å²) in [5.41, 5.74) is 2.02. The quantitative estimate of drug-likeness (QED) is 0.218. The number of amides is 2. The van der Waals surface area contributed by atoms with E-state index in [1.54, 1.807) is 42.5 Å². The molecule has 3 aromatic carbocycles. The van der Waals surface area contributed by atoms with Crippen LogP contribution in [0.3, 0.4) is 0 Å². The maximum absolute atomic E-state index is 13.9. The monoisotopic (exact) mass is 589 g/mol. The minimum absolute atomic E-state index is 0.0590. The van der Waals surface area contributed by atoms with Gasteiger partial charge in [0, 0.05) is 9.13 Å². The summed E-state index contributed by atoms with van der Waals surface area (Å²) >= 11 is 3.12. The van der Waals surface area contributed by atoms with Crippen molar-refractivity contribution in [2.24, 2.45) is 0 Å². The highest BCUT2D eigenvalue weighted by atomic mass is 127. The lowest BCUT2D eigenvalue weighted by Crippen LogP contribution is -2.27. The molecule has 34 heavy (non-hydrogen) atoms. The zero-order chi connectivity index (χ0) is 24.1. The van der Waals surface area contributed by atoms with Crippen LogP contribution < -0.4 is 9.47 Å². The zero-order valence-corrected chi connectivity index (χ0v) is 21.3. The lowest BCUT2D eigenvalue weighted by Gasteiger charge is -2.13. The number of hydrogen-bond donors (Lipinski definition) is 0. The lowest BCUT2D eigenvalue weighted by molar-refractivity contribution is -0.123. The van der Waals surface area contributed by atoms with E-state index in [0.29, 0.717) is 34.1 Å². The molecule has 1 fully saturated rings. The molecule has 0 spiro atoms. The maximum atomic E-state index is 13.9. The summed E-state index contributed by atoms with van der Waals surface area (Å²) in [5.74, 6) is 0.282. The molecule has 2 amide bonds. The number of hydrogen-bond acceptors (Lipinski definition) is 5. The fraction of sp³-hybridized carbons (Fsp3) is 0.154. The van der Waals surface area contributed by atoms with Gasteiger partial charge in [0.1, 0.15) is 12.4 Å². The van der Waals surface area contributed by atoms with E-state index in [-0.39, 0.29) is 30.1 Å². The van der Waals surface area contributed by atoms with E-state index in [0.717, 1.165) is 20.9 Å². The maximum Gasteiger partial charge on any atom is 0.293 e. The van der Waals surface area contributed by atoms with Crippen molar-refractivity contribution in [2.45, 2.75) is 20.1 Å². The molecule has 0 bridgehead atoms. The number of nitrogens with zero attached hydrogens (tertiary/aromatic N) is 1. The first-order chi connectivity index (χ1) is 16.4. The Morgan fingerprint density at radius 2 is 1.76 bits per heavy atom. The molecule has 1 heterocycles. The molecular weight excluding hydrogens is 568 g/mol. The van der Waals surface area contributed by atoms with Gasteiger partial charge in [0.2, 0.25) is 0 Å². The Balaban J connectivity index is 1.51. The largest absolute Gasteiger partial charge is 0.490 e. The lowest BCUT2D eigenvalue weighted by atomic mass is 10.1. The highest BCUT2D eigenvalue weighted by molar-refractivity contribution is 14.1. The summed E-state index contributed by atoms with van der Waals surface area (Å²) in [7, 11) is 0. The molecule has 0 saturated carbocycles. The van der Waals surface area contributed by atoms with Gasteiger partial charge < -0.3 is 9.47 Å². The molecule has 0 atom stereocenters. The van der Waals surface area contributed by atoms with Gasteiger partial charge in [-0.05, 0) is 88.8 Å². The SMILES string of the molecule is CCOc1cc(/C=C2/SC(=O)N(Cc3ccc(I)cc3)C2=O)ccc1OCc1ccccc1F. The standard InChI is InChI=1S/C26H21FINO4S/c1-2-32-23-13-18(9-12-22(23)33-16-19-5-3-4-6-21(19)27)14-24-25(30)29(26(31)34-24)15-17-7-10-20(28)11-8-17/h3-14H,2,15-16H2,1H3/b24-14+. The summed E-state index contributed by atoms with van der Waals surface area (Å²) < 4.78 is 26.5. The fourth-order valence-corrected chi connectivity index (χ4v) is 4.53. The van der Waals surface area contributed by atoms with E-state index in [2.05, 4.69) is 22.6 Å². The highest BCUT2D eigenvalue weighted by Gasteiger charge is 2.35. The average molecular weight is 589 g/mol. The third-order valence-corrected chi connectivity index (χ3v) is 6.66. The summed E-state index contributed by atoms with van der Waals surface area (Å²) in [6.07, 6.45) is 1.67. The number of imide groups is 1. The summed E-state index contributed by atoms with van der Waals surface area (Å²) in [6.45, 7) is 2.55. The van der Waals surface area contributed by atoms with Gasteiger partial charge in [0.25, 0.3) is 11.1 Å². The minimum Gasteiger partial charge on any atom is -0.490 e. The van der Waals surface area contributed by atoms with Crippen LogP contribution in [0.2, 0.25) is 0 Å². The highest BCUT2D eigenvalue weighted by Crippen LogP contribution is 2.35. The molecule has 0 unspecified atom stereocenters. The van der Waals surface area contributed by atoms with Crippen molar-refractivity contribution < 1.29 is 23.5 Å². The van der Waals surface area contributed by atoms with E-state index in [9.17, 15) is 14.0 Å². The third kappa shape index (κ3) is 5.79. The second kappa shape index (κ2) is 11.1. The molecule has 4 rings (SSSR count). The summed E-state index contributed by atoms with van der Waals surface area (Å²) in [4.78, 5) is 27.0.